The van der Waals surface area contributed by atoms with Crippen LogP contribution < -0.4 is 0 Å². The van der Waals surface area contributed by atoms with Crippen molar-refractivity contribution in [1.82, 2.24) is 4.31 Å². The fourth-order valence-corrected chi connectivity index (χ4v) is 3.27. The highest BCUT2D eigenvalue weighted by molar-refractivity contribution is 7.98. The smallest absolute Gasteiger partial charge is 0.0303 e. The molecule has 1 aliphatic heterocycles. The fraction of sp³-hybridized carbons (Fsp3) is 0.875. The highest BCUT2D eigenvalue weighted by atomic mass is 32.2. The summed E-state index contributed by atoms with van der Waals surface area (Å²) in [5.41, 5.74) is 0. The summed E-state index contributed by atoms with van der Waals surface area (Å²) < 4.78 is 13.7. The van der Waals surface area contributed by atoms with Crippen molar-refractivity contribution in [2.75, 3.05) is 18.8 Å². The molecule has 1 aliphatic rings. The summed E-state index contributed by atoms with van der Waals surface area (Å²) in [4.78, 5) is 0. The predicted octanol–water partition coefficient (Wildman–Crippen LogP) is 0.979. The van der Waals surface area contributed by atoms with Gasteiger partial charge in [-0.25, -0.2) is 4.31 Å². The van der Waals surface area contributed by atoms with E-state index in [0.29, 0.717) is 5.92 Å². The molecular weight excluding hydrogens is 158 g/mol. The standard InChI is InChI=1S/C8H17NOS/c1-8(2)7-9-5-4-6-11(9,3)10/h8H,3-7H2,1-2H3. The Morgan fingerprint density at radius 3 is 2.64 bits per heavy atom. The minimum absolute atomic E-state index is 0.593. The van der Waals surface area contributed by atoms with Gasteiger partial charge in [0.05, 0.1) is 0 Å². The molecule has 1 saturated heterocycles. The van der Waals surface area contributed by atoms with Crippen molar-refractivity contribution < 1.29 is 4.21 Å². The Balaban J connectivity index is 2.59. The molecule has 0 aromatic rings. The highest BCUT2D eigenvalue weighted by Gasteiger charge is 2.22. The molecule has 1 fully saturated rings. The van der Waals surface area contributed by atoms with Crippen LogP contribution in [0.1, 0.15) is 20.3 Å². The van der Waals surface area contributed by atoms with Gasteiger partial charge in [0.2, 0.25) is 0 Å². The third-order valence-corrected chi connectivity index (χ3v) is 4.11. The summed E-state index contributed by atoms with van der Waals surface area (Å²) in [6, 6.07) is 0. The lowest BCUT2D eigenvalue weighted by molar-refractivity contribution is 0.409. The van der Waals surface area contributed by atoms with Crippen molar-refractivity contribution in [3.05, 3.63) is 0 Å². The van der Waals surface area contributed by atoms with Gasteiger partial charge in [0.25, 0.3) is 0 Å². The Hall–Kier alpha value is -0.0200. The highest BCUT2D eigenvalue weighted by Crippen LogP contribution is 2.14. The van der Waals surface area contributed by atoms with E-state index < -0.39 is 9.71 Å². The van der Waals surface area contributed by atoms with E-state index in [1.165, 1.54) is 0 Å². The van der Waals surface area contributed by atoms with Gasteiger partial charge in [0.15, 0.2) is 0 Å². The predicted molar refractivity (Wildman–Crippen MR) is 51.2 cm³/mol. The van der Waals surface area contributed by atoms with E-state index in [0.717, 1.165) is 25.3 Å². The molecule has 11 heavy (non-hydrogen) atoms. The van der Waals surface area contributed by atoms with E-state index in [4.69, 9.17) is 0 Å². The Bertz CT molecular complexity index is 218. The molecule has 1 heterocycles. The fourth-order valence-electron chi connectivity index (χ4n) is 1.40. The Labute approximate surface area is 69.7 Å². The second kappa shape index (κ2) is 3.15. The van der Waals surface area contributed by atoms with Crippen LogP contribution in [0.3, 0.4) is 0 Å². The van der Waals surface area contributed by atoms with Crippen LogP contribution in [0, 0.1) is 5.92 Å². The van der Waals surface area contributed by atoms with Gasteiger partial charge >= 0.3 is 0 Å². The van der Waals surface area contributed by atoms with Crippen LogP contribution in [0.15, 0.2) is 0 Å². The van der Waals surface area contributed by atoms with Crippen molar-refractivity contribution in [3.63, 3.8) is 0 Å². The molecule has 0 N–H and O–H groups in total. The van der Waals surface area contributed by atoms with Gasteiger partial charge in [-0.1, -0.05) is 13.8 Å². The SMILES string of the molecule is C=S1(=O)CCCN1CC(C)C. The van der Waals surface area contributed by atoms with Crippen LogP contribution >= 0.6 is 0 Å². The zero-order valence-electron chi connectivity index (χ0n) is 7.38. The first kappa shape index (κ1) is 9.07. The lowest BCUT2D eigenvalue weighted by Crippen LogP contribution is -2.29. The van der Waals surface area contributed by atoms with E-state index in [1.807, 2.05) is 4.31 Å². The molecule has 0 spiro atoms. The van der Waals surface area contributed by atoms with E-state index in [9.17, 15) is 4.21 Å². The van der Waals surface area contributed by atoms with Crippen LogP contribution in [0.5, 0.6) is 0 Å². The van der Waals surface area contributed by atoms with Gasteiger partial charge in [-0.05, 0) is 18.2 Å². The number of rotatable bonds is 2. The summed E-state index contributed by atoms with van der Waals surface area (Å²) in [6.07, 6.45) is 1.05. The molecule has 1 atom stereocenters. The summed E-state index contributed by atoms with van der Waals surface area (Å²) in [6.45, 7) is 6.20. The maximum atomic E-state index is 11.7. The second-order valence-corrected chi connectivity index (χ2v) is 6.08. The minimum atomic E-state index is -1.85. The van der Waals surface area contributed by atoms with Crippen molar-refractivity contribution in [1.29, 1.82) is 0 Å². The van der Waals surface area contributed by atoms with Gasteiger partial charge in [-0.3, -0.25) is 4.21 Å². The third kappa shape index (κ3) is 2.20. The number of nitrogens with zero attached hydrogens (tertiary/aromatic N) is 1. The van der Waals surface area contributed by atoms with Crippen LogP contribution in [0.4, 0.5) is 0 Å². The third-order valence-electron chi connectivity index (χ3n) is 1.91. The Morgan fingerprint density at radius 1 is 1.64 bits per heavy atom. The van der Waals surface area contributed by atoms with Crippen molar-refractivity contribution in [2.24, 2.45) is 5.92 Å². The molecule has 1 unspecified atom stereocenters. The van der Waals surface area contributed by atoms with Gasteiger partial charge in [0.1, 0.15) is 0 Å². The van der Waals surface area contributed by atoms with Crippen LogP contribution in [-0.4, -0.2) is 33.2 Å². The molecule has 0 aromatic heterocycles. The lowest BCUT2D eigenvalue weighted by Gasteiger charge is -2.19. The molecular formula is C8H17NOS. The minimum Gasteiger partial charge on any atom is -0.253 e. The number of hydrogen-bond acceptors (Lipinski definition) is 1. The first-order valence-electron chi connectivity index (χ1n) is 4.12. The van der Waals surface area contributed by atoms with Crippen molar-refractivity contribution in [3.8, 4) is 0 Å². The zero-order chi connectivity index (χ0) is 8.48. The van der Waals surface area contributed by atoms with Crippen molar-refractivity contribution >= 4 is 15.6 Å². The maximum Gasteiger partial charge on any atom is 0.0303 e. The molecule has 0 amide bonds. The molecule has 66 valence electrons. The second-order valence-electron chi connectivity index (χ2n) is 3.61. The molecule has 0 aliphatic carbocycles. The number of hydrogen-bond donors (Lipinski definition) is 0. The first-order valence-corrected chi connectivity index (χ1v) is 5.98. The average Bonchev–Trinajstić information content (AvgIpc) is 2.10. The molecule has 2 nitrogen and oxygen atoms in total. The Morgan fingerprint density at radius 2 is 2.27 bits per heavy atom. The lowest BCUT2D eigenvalue weighted by atomic mass is 10.2. The first-order chi connectivity index (χ1) is 5.02. The quantitative estimate of drug-likeness (QED) is 0.573. The monoisotopic (exact) mass is 175 g/mol. The molecule has 0 bridgehead atoms. The van der Waals surface area contributed by atoms with Gasteiger partial charge in [-0.15, -0.1) is 0 Å². The van der Waals surface area contributed by atoms with Crippen LogP contribution in [0.25, 0.3) is 0 Å². The molecule has 0 aromatic carbocycles. The zero-order valence-corrected chi connectivity index (χ0v) is 8.19. The van der Waals surface area contributed by atoms with Gasteiger partial charge in [0, 0.05) is 28.6 Å². The van der Waals surface area contributed by atoms with E-state index in [-0.39, 0.29) is 0 Å². The van der Waals surface area contributed by atoms with Crippen LogP contribution in [-0.2, 0) is 9.71 Å². The molecule has 0 saturated carbocycles. The average molecular weight is 175 g/mol. The van der Waals surface area contributed by atoms with Crippen molar-refractivity contribution in [2.45, 2.75) is 20.3 Å². The van der Waals surface area contributed by atoms with Crippen LogP contribution in [0.2, 0.25) is 0 Å². The van der Waals surface area contributed by atoms with Gasteiger partial charge < -0.3 is 0 Å². The summed E-state index contributed by atoms with van der Waals surface area (Å²) >= 11 is 0. The Kier molecular flexibility index (Phi) is 2.60. The van der Waals surface area contributed by atoms with E-state index >= 15 is 0 Å². The summed E-state index contributed by atoms with van der Waals surface area (Å²) in [5.74, 6) is 5.14. The molecule has 1 rings (SSSR count). The normalized spacial score (nSPS) is 33.4. The maximum absolute atomic E-state index is 11.7. The topological polar surface area (TPSA) is 20.3 Å². The summed E-state index contributed by atoms with van der Waals surface area (Å²) in [5, 5.41) is 0. The molecule has 3 heteroatoms. The van der Waals surface area contributed by atoms with E-state index in [1.54, 1.807) is 0 Å². The van der Waals surface area contributed by atoms with E-state index in [2.05, 4.69) is 19.7 Å². The molecule has 0 radical (unpaired) electrons. The summed E-state index contributed by atoms with van der Waals surface area (Å²) in [7, 11) is -1.85. The van der Waals surface area contributed by atoms with Gasteiger partial charge in [-0.2, -0.15) is 0 Å². The largest absolute Gasteiger partial charge is 0.253 e.